The van der Waals surface area contributed by atoms with E-state index in [1.807, 2.05) is 0 Å². The van der Waals surface area contributed by atoms with Crippen molar-refractivity contribution in [3.63, 3.8) is 0 Å². The second-order valence-corrected chi connectivity index (χ2v) is 4.63. The Labute approximate surface area is 102 Å². The summed E-state index contributed by atoms with van der Waals surface area (Å²) in [6, 6.07) is 0. The average Bonchev–Trinajstić information content (AvgIpc) is 2.28. The Morgan fingerprint density at radius 2 is 2.29 bits per heavy atom. The first kappa shape index (κ1) is 14.4. The lowest BCUT2D eigenvalue weighted by Gasteiger charge is -2.31. The monoisotopic (exact) mass is 248 g/mol. The van der Waals surface area contributed by atoms with Crippen LogP contribution in [-0.4, -0.2) is 43.4 Å². The normalized spacial score (nSPS) is 21.8. The summed E-state index contributed by atoms with van der Waals surface area (Å²) in [7, 11) is 0. The molecule has 1 atom stereocenters. The lowest BCUT2D eigenvalue weighted by molar-refractivity contribution is -0.127. The number of unbranched alkanes of at least 4 members (excludes halogenated alkanes) is 1. The molecule has 0 spiro atoms. The van der Waals surface area contributed by atoms with Gasteiger partial charge in [0.15, 0.2) is 0 Å². The average molecular weight is 248 g/mol. The van der Waals surface area contributed by atoms with E-state index in [2.05, 4.69) is 12.2 Å². The molecule has 1 aliphatic rings. The van der Waals surface area contributed by atoms with Crippen molar-refractivity contribution >= 4 is 5.91 Å². The summed E-state index contributed by atoms with van der Waals surface area (Å²) >= 11 is 0. The first-order chi connectivity index (χ1) is 8.13. The van der Waals surface area contributed by atoms with E-state index in [4.69, 9.17) is 0 Å². The minimum Gasteiger partial charge on any atom is -0.356 e. The maximum absolute atomic E-state index is 12.3. The third-order valence-electron chi connectivity index (χ3n) is 3.10. The van der Waals surface area contributed by atoms with Crippen molar-refractivity contribution in [3.8, 4) is 0 Å². The van der Waals surface area contributed by atoms with E-state index in [9.17, 15) is 13.6 Å². The van der Waals surface area contributed by atoms with E-state index in [0.717, 1.165) is 25.7 Å². The lowest BCUT2D eigenvalue weighted by atomic mass is 9.97. The van der Waals surface area contributed by atoms with Crippen molar-refractivity contribution in [3.05, 3.63) is 0 Å². The number of nitrogens with one attached hydrogen (secondary N) is 1. The second kappa shape index (κ2) is 7.58. The largest absolute Gasteiger partial charge is 0.356 e. The van der Waals surface area contributed by atoms with Crippen LogP contribution in [0.3, 0.4) is 0 Å². The van der Waals surface area contributed by atoms with Gasteiger partial charge < -0.3 is 5.32 Å². The molecule has 1 amide bonds. The van der Waals surface area contributed by atoms with Gasteiger partial charge in [-0.05, 0) is 25.8 Å². The molecule has 0 aliphatic carbocycles. The quantitative estimate of drug-likeness (QED) is 0.728. The number of alkyl halides is 2. The summed E-state index contributed by atoms with van der Waals surface area (Å²) in [5.41, 5.74) is 0. The highest BCUT2D eigenvalue weighted by Gasteiger charge is 2.26. The number of hydrogen-bond acceptors (Lipinski definition) is 2. The van der Waals surface area contributed by atoms with Crippen LogP contribution in [0.1, 0.15) is 32.6 Å². The Kier molecular flexibility index (Phi) is 6.40. The Hall–Kier alpha value is -0.710. The molecule has 3 nitrogen and oxygen atoms in total. The van der Waals surface area contributed by atoms with E-state index in [1.54, 1.807) is 4.90 Å². The first-order valence-electron chi connectivity index (χ1n) is 6.41. The Morgan fingerprint density at radius 1 is 1.53 bits per heavy atom. The fourth-order valence-corrected chi connectivity index (χ4v) is 2.16. The topological polar surface area (TPSA) is 32.3 Å². The molecule has 1 N–H and O–H groups in total. The molecule has 17 heavy (non-hydrogen) atoms. The summed E-state index contributed by atoms with van der Waals surface area (Å²) in [6.45, 7) is 3.71. The molecule has 0 aromatic rings. The van der Waals surface area contributed by atoms with Crippen molar-refractivity contribution in [1.29, 1.82) is 0 Å². The lowest BCUT2D eigenvalue weighted by Crippen LogP contribution is -2.44. The number of likely N-dealkylation sites (tertiary alicyclic amines) is 1. The summed E-state index contributed by atoms with van der Waals surface area (Å²) in [6.07, 6.45) is 1.36. The smallest absolute Gasteiger partial charge is 0.251 e. The zero-order valence-electron chi connectivity index (χ0n) is 10.4. The zero-order valence-corrected chi connectivity index (χ0v) is 10.4. The van der Waals surface area contributed by atoms with E-state index in [1.165, 1.54) is 0 Å². The summed E-state index contributed by atoms with van der Waals surface area (Å²) < 4.78 is 24.5. The maximum Gasteiger partial charge on any atom is 0.251 e. The molecular formula is C12H22F2N2O. The number of amides is 1. The molecule has 1 rings (SSSR count). The number of rotatable bonds is 6. The summed E-state index contributed by atoms with van der Waals surface area (Å²) in [5.74, 6) is -0.0863. The SMILES string of the molecule is CCCCNC(=O)C1CCCN(CC(F)F)C1. The Bertz CT molecular complexity index is 237. The van der Waals surface area contributed by atoms with Gasteiger partial charge in [0.05, 0.1) is 12.5 Å². The third kappa shape index (κ3) is 5.44. The molecular weight excluding hydrogens is 226 g/mol. The minimum atomic E-state index is -2.31. The number of piperidine rings is 1. The molecule has 1 unspecified atom stereocenters. The van der Waals surface area contributed by atoms with Gasteiger partial charge in [0.2, 0.25) is 5.91 Å². The fraction of sp³-hybridized carbons (Fsp3) is 0.917. The number of carbonyl (C=O) groups is 1. The summed E-state index contributed by atoms with van der Waals surface area (Å²) in [5, 5.41) is 2.87. The predicted molar refractivity (Wildman–Crippen MR) is 63.1 cm³/mol. The molecule has 0 radical (unpaired) electrons. The second-order valence-electron chi connectivity index (χ2n) is 4.63. The maximum atomic E-state index is 12.3. The Morgan fingerprint density at radius 3 is 2.94 bits per heavy atom. The highest BCUT2D eigenvalue weighted by molar-refractivity contribution is 5.78. The van der Waals surface area contributed by atoms with Crippen molar-refractivity contribution < 1.29 is 13.6 Å². The van der Waals surface area contributed by atoms with Crippen LogP contribution >= 0.6 is 0 Å². The molecule has 0 bridgehead atoms. The Balaban J connectivity index is 2.30. The van der Waals surface area contributed by atoms with Crippen LogP contribution in [0.2, 0.25) is 0 Å². The van der Waals surface area contributed by atoms with Gasteiger partial charge in [0.25, 0.3) is 6.43 Å². The van der Waals surface area contributed by atoms with Crippen molar-refractivity contribution in [2.45, 2.75) is 39.0 Å². The minimum absolute atomic E-state index is 0.0254. The molecule has 0 saturated carbocycles. The van der Waals surface area contributed by atoms with Gasteiger partial charge in [-0.25, -0.2) is 8.78 Å². The van der Waals surface area contributed by atoms with Crippen LogP contribution in [0.4, 0.5) is 8.78 Å². The molecule has 100 valence electrons. The molecule has 0 aromatic heterocycles. The predicted octanol–water partition coefficient (Wildman–Crippen LogP) is 1.88. The van der Waals surface area contributed by atoms with E-state index in [-0.39, 0.29) is 18.4 Å². The number of nitrogens with zero attached hydrogens (tertiary/aromatic N) is 1. The van der Waals surface area contributed by atoms with Gasteiger partial charge in [-0.2, -0.15) is 0 Å². The van der Waals surface area contributed by atoms with Crippen molar-refractivity contribution in [1.82, 2.24) is 10.2 Å². The van der Waals surface area contributed by atoms with Gasteiger partial charge in [-0.3, -0.25) is 9.69 Å². The first-order valence-corrected chi connectivity index (χ1v) is 6.41. The molecule has 1 saturated heterocycles. The molecule has 1 aliphatic heterocycles. The van der Waals surface area contributed by atoms with E-state index >= 15 is 0 Å². The number of hydrogen-bond donors (Lipinski definition) is 1. The van der Waals surface area contributed by atoms with Gasteiger partial charge in [0.1, 0.15) is 0 Å². The summed E-state index contributed by atoms with van der Waals surface area (Å²) in [4.78, 5) is 13.5. The molecule has 1 heterocycles. The van der Waals surface area contributed by atoms with E-state index in [0.29, 0.717) is 19.6 Å². The van der Waals surface area contributed by atoms with E-state index < -0.39 is 6.43 Å². The van der Waals surface area contributed by atoms with Gasteiger partial charge in [-0.1, -0.05) is 13.3 Å². The van der Waals surface area contributed by atoms with Crippen LogP contribution < -0.4 is 5.32 Å². The molecule has 5 heteroatoms. The fourth-order valence-electron chi connectivity index (χ4n) is 2.16. The number of carbonyl (C=O) groups excluding carboxylic acids is 1. The standard InChI is InChI=1S/C12H22F2N2O/c1-2-3-6-15-12(17)10-5-4-7-16(8-10)9-11(13)14/h10-11H,2-9H2,1H3,(H,15,17). The number of halogens is 2. The van der Waals surface area contributed by atoms with Gasteiger partial charge in [0, 0.05) is 13.1 Å². The van der Waals surface area contributed by atoms with Crippen LogP contribution in [0, 0.1) is 5.92 Å². The van der Waals surface area contributed by atoms with Crippen LogP contribution in [0.25, 0.3) is 0 Å². The van der Waals surface area contributed by atoms with Crippen LogP contribution in [-0.2, 0) is 4.79 Å². The highest BCUT2D eigenvalue weighted by atomic mass is 19.3. The van der Waals surface area contributed by atoms with Crippen LogP contribution in [0.5, 0.6) is 0 Å². The molecule has 0 aromatic carbocycles. The highest BCUT2D eigenvalue weighted by Crippen LogP contribution is 2.17. The third-order valence-corrected chi connectivity index (χ3v) is 3.10. The van der Waals surface area contributed by atoms with Gasteiger partial charge in [-0.15, -0.1) is 0 Å². The van der Waals surface area contributed by atoms with Crippen molar-refractivity contribution in [2.24, 2.45) is 5.92 Å². The van der Waals surface area contributed by atoms with Crippen molar-refractivity contribution in [2.75, 3.05) is 26.2 Å². The zero-order chi connectivity index (χ0) is 12.7. The van der Waals surface area contributed by atoms with Gasteiger partial charge >= 0.3 is 0 Å². The van der Waals surface area contributed by atoms with Crippen LogP contribution in [0.15, 0.2) is 0 Å². The molecule has 1 fully saturated rings.